The average molecular weight is 546 g/mol. The molecule has 204 valence electrons. The van der Waals surface area contributed by atoms with Crippen LogP contribution in [-0.2, 0) is 9.59 Å². The number of aliphatic imine (C=N–C) groups is 1. The van der Waals surface area contributed by atoms with Gasteiger partial charge in [-0.15, -0.1) is 0 Å². The molecular formula is C32H27N5O4. The Labute approximate surface area is 236 Å². The van der Waals surface area contributed by atoms with Crippen LogP contribution in [0.3, 0.4) is 0 Å². The van der Waals surface area contributed by atoms with E-state index in [2.05, 4.69) is 16.0 Å². The van der Waals surface area contributed by atoms with Crippen molar-refractivity contribution in [2.75, 3.05) is 22.1 Å². The van der Waals surface area contributed by atoms with E-state index in [0.29, 0.717) is 40.3 Å². The van der Waals surface area contributed by atoms with Gasteiger partial charge in [0.05, 0.1) is 17.9 Å². The van der Waals surface area contributed by atoms with Crippen LogP contribution in [0.4, 0.5) is 21.9 Å². The highest BCUT2D eigenvalue weighted by Crippen LogP contribution is 2.28. The lowest BCUT2D eigenvalue weighted by Crippen LogP contribution is -2.49. The molecule has 0 saturated heterocycles. The fourth-order valence-corrected chi connectivity index (χ4v) is 4.53. The third kappa shape index (κ3) is 6.20. The lowest BCUT2D eigenvalue weighted by atomic mass is 10.00. The summed E-state index contributed by atoms with van der Waals surface area (Å²) in [5, 5.41) is 7.87. The van der Waals surface area contributed by atoms with E-state index in [1.165, 1.54) is 4.90 Å². The van der Waals surface area contributed by atoms with Gasteiger partial charge < -0.3 is 20.9 Å². The first-order chi connectivity index (χ1) is 19.9. The van der Waals surface area contributed by atoms with Crippen LogP contribution in [0.2, 0.25) is 0 Å². The Morgan fingerprint density at radius 3 is 2.34 bits per heavy atom. The number of Topliss-reactive ketones (excluding diaryl/α,β-unsaturated/α-hetero) is 1. The number of ketones is 1. The molecule has 1 unspecified atom stereocenters. The van der Waals surface area contributed by atoms with Crippen LogP contribution in [0.15, 0.2) is 108 Å². The van der Waals surface area contributed by atoms with Crippen LogP contribution in [0, 0.1) is 6.92 Å². The number of carbonyl (C=O) groups is 4. The molecule has 1 aliphatic rings. The van der Waals surface area contributed by atoms with Gasteiger partial charge in [0.2, 0.25) is 12.6 Å². The van der Waals surface area contributed by atoms with Gasteiger partial charge in [-0.3, -0.25) is 14.4 Å². The van der Waals surface area contributed by atoms with Crippen LogP contribution in [0.25, 0.3) is 0 Å². The number of anilines is 3. The van der Waals surface area contributed by atoms with Crippen molar-refractivity contribution >= 4 is 46.9 Å². The van der Waals surface area contributed by atoms with Gasteiger partial charge in [0.25, 0.3) is 5.91 Å². The van der Waals surface area contributed by atoms with Gasteiger partial charge in [-0.1, -0.05) is 84.4 Å². The largest absolute Gasteiger partial charge is 0.329 e. The fourth-order valence-electron chi connectivity index (χ4n) is 4.53. The molecule has 0 fully saturated rings. The third-order valence-electron chi connectivity index (χ3n) is 6.54. The maximum atomic E-state index is 14.0. The van der Waals surface area contributed by atoms with E-state index in [4.69, 9.17) is 4.99 Å². The van der Waals surface area contributed by atoms with Gasteiger partial charge >= 0.3 is 6.03 Å². The second-order valence-corrected chi connectivity index (χ2v) is 9.42. The van der Waals surface area contributed by atoms with Crippen molar-refractivity contribution in [2.45, 2.75) is 13.1 Å². The normalized spacial score (nSPS) is 14.3. The monoisotopic (exact) mass is 545 g/mol. The number of benzene rings is 4. The Morgan fingerprint density at radius 1 is 0.878 bits per heavy atom. The number of hydrogen-bond donors (Lipinski definition) is 3. The highest BCUT2D eigenvalue weighted by Gasteiger charge is 2.34. The van der Waals surface area contributed by atoms with E-state index in [1.54, 1.807) is 48.5 Å². The summed E-state index contributed by atoms with van der Waals surface area (Å²) in [5.41, 5.74) is 4.80. The SMILES string of the molecule is Cc1ccc(C(=O)CN2C(=O)C(NC(=O)Nc3cccc(NC=O)c3)N=C(c3ccccc3)c3ccccc32)cc1. The highest BCUT2D eigenvalue weighted by molar-refractivity contribution is 6.21. The number of benzodiazepines with no additional fused rings is 1. The van der Waals surface area contributed by atoms with Gasteiger partial charge in [0, 0.05) is 28.1 Å². The van der Waals surface area contributed by atoms with Crippen LogP contribution in [0.5, 0.6) is 0 Å². The molecular weight excluding hydrogens is 518 g/mol. The second kappa shape index (κ2) is 12.1. The van der Waals surface area contributed by atoms with Crippen molar-refractivity contribution in [1.29, 1.82) is 0 Å². The minimum Gasteiger partial charge on any atom is -0.329 e. The number of hydrogen-bond acceptors (Lipinski definition) is 5. The molecule has 41 heavy (non-hydrogen) atoms. The molecule has 1 aliphatic heterocycles. The van der Waals surface area contributed by atoms with E-state index in [-0.39, 0.29) is 12.3 Å². The summed E-state index contributed by atoms with van der Waals surface area (Å²) in [4.78, 5) is 57.3. The predicted octanol–water partition coefficient (Wildman–Crippen LogP) is 4.78. The number of carbonyl (C=O) groups excluding carboxylic acids is 4. The van der Waals surface area contributed by atoms with E-state index in [0.717, 1.165) is 11.1 Å². The molecule has 1 atom stereocenters. The quantitative estimate of drug-likeness (QED) is 0.218. The van der Waals surface area contributed by atoms with Crippen molar-refractivity contribution in [3.63, 3.8) is 0 Å². The lowest BCUT2D eigenvalue weighted by molar-refractivity contribution is -0.120. The number of fused-ring (bicyclic) bond motifs is 1. The Balaban J connectivity index is 1.51. The molecule has 0 bridgehead atoms. The number of amides is 4. The maximum Gasteiger partial charge on any atom is 0.321 e. The van der Waals surface area contributed by atoms with Crippen molar-refractivity contribution < 1.29 is 19.2 Å². The zero-order chi connectivity index (χ0) is 28.8. The molecule has 0 radical (unpaired) electrons. The molecule has 4 amide bonds. The van der Waals surface area contributed by atoms with Gasteiger partial charge in [0.1, 0.15) is 0 Å². The predicted molar refractivity (Wildman–Crippen MR) is 158 cm³/mol. The van der Waals surface area contributed by atoms with E-state index in [9.17, 15) is 19.2 Å². The molecule has 5 rings (SSSR count). The van der Waals surface area contributed by atoms with Gasteiger partial charge in [-0.05, 0) is 31.2 Å². The summed E-state index contributed by atoms with van der Waals surface area (Å²) < 4.78 is 0. The number of nitrogens with zero attached hydrogens (tertiary/aromatic N) is 2. The summed E-state index contributed by atoms with van der Waals surface area (Å²) in [5.74, 6) is -0.811. The van der Waals surface area contributed by atoms with Gasteiger partial charge in [-0.2, -0.15) is 0 Å². The Kier molecular flexibility index (Phi) is 7.96. The van der Waals surface area contributed by atoms with Crippen LogP contribution in [-0.4, -0.2) is 42.6 Å². The first kappa shape index (κ1) is 27.0. The molecule has 4 aromatic rings. The first-order valence-corrected chi connectivity index (χ1v) is 12.9. The third-order valence-corrected chi connectivity index (χ3v) is 6.54. The number of urea groups is 1. The number of para-hydroxylation sites is 1. The van der Waals surface area contributed by atoms with E-state index < -0.39 is 18.1 Å². The summed E-state index contributed by atoms with van der Waals surface area (Å²) in [6, 6.07) is 29.6. The molecule has 0 aromatic heterocycles. The Bertz CT molecular complexity index is 1630. The molecule has 0 spiro atoms. The smallest absolute Gasteiger partial charge is 0.321 e. The summed E-state index contributed by atoms with van der Waals surface area (Å²) in [6.07, 6.45) is -0.799. The molecule has 3 N–H and O–H groups in total. The Morgan fingerprint density at radius 2 is 1.59 bits per heavy atom. The Hall–Kier alpha value is -5.57. The minimum absolute atomic E-state index is 0.240. The fraction of sp³-hybridized carbons (Fsp3) is 0.0938. The molecule has 1 heterocycles. The number of nitrogens with one attached hydrogen (secondary N) is 3. The van der Waals surface area contributed by atoms with E-state index in [1.807, 2.05) is 61.5 Å². The van der Waals surface area contributed by atoms with Crippen molar-refractivity contribution in [3.8, 4) is 0 Å². The van der Waals surface area contributed by atoms with Gasteiger partial charge in [0.15, 0.2) is 5.78 Å². The van der Waals surface area contributed by atoms with Crippen LogP contribution in [0.1, 0.15) is 27.0 Å². The number of aryl methyl sites for hydroxylation is 1. The standard InChI is InChI=1S/C32H27N5O4/c1-21-14-16-22(17-15-21)28(39)19-37-27-13-6-5-12-26(27)29(23-8-3-2-4-9-23)35-30(31(37)40)36-32(41)34-25-11-7-10-24(18-25)33-20-38/h2-18,20,30H,19H2,1H3,(H,33,38)(H2,34,36,41). The van der Waals surface area contributed by atoms with Crippen LogP contribution < -0.4 is 20.9 Å². The molecule has 9 nitrogen and oxygen atoms in total. The molecule has 0 aliphatic carbocycles. The van der Waals surface area contributed by atoms with Crippen molar-refractivity contribution in [1.82, 2.24) is 5.32 Å². The van der Waals surface area contributed by atoms with Crippen molar-refractivity contribution in [3.05, 3.63) is 125 Å². The zero-order valence-corrected chi connectivity index (χ0v) is 22.2. The van der Waals surface area contributed by atoms with Crippen molar-refractivity contribution in [2.24, 2.45) is 4.99 Å². The summed E-state index contributed by atoms with van der Waals surface area (Å²) in [7, 11) is 0. The summed E-state index contributed by atoms with van der Waals surface area (Å²) >= 11 is 0. The molecule has 4 aromatic carbocycles. The molecule has 9 heteroatoms. The zero-order valence-electron chi connectivity index (χ0n) is 22.2. The number of rotatable bonds is 8. The highest BCUT2D eigenvalue weighted by atomic mass is 16.2. The van der Waals surface area contributed by atoms with Gasteiger partial charge in [-0.25, -0.2) is 9.79 Å². The first-order valence-electron chi connectivity index (χ1n) is 12.9. The topological polar surface area (TPSA) is 120 Å². The molecule has 0 saturated carbocycles. The maximum absolute atomic E-state index is 14.0. The lowest BCUT2D eigenvalue weighted by Gasteiger charge is -2.25. The van der Waals surface area contributed by atoms with E-state index >= 15 is 0 Å². The summed E-state index contributed by atoms with van der Waals surface area (Å²) in [6.45, 7) is 1.69. The average Bonchev–Trinajstić information content (AvgIpc) is 3.09. The van der Waals surface area contributed by atoms with Crippen LogP contribution >= 0.6 is 0 Å². The minimum atomic E-state index is -1.33. The second-order valence-electron chi connectivity index (χ2n) is 9.42.